The molecule has 25 heavy (non-hydrogen) atoms. The number of carbonyl (C=O) groups excluding carboxylic acids is 2. The topological polar surface area (TPSA) is 70.1 Å². The van der Waals surface area contributed by atoms with E-state index < -0.39 is 18.2 Å². The molecule has 1 saturated heterocycles. The van der Waals surface area contributed by atoms with E-state index in [4.69, 9.17) is 4.74 Å². The Labute approximate surface area is 149 Å². The Morgan fingerprint density at radius 1 is 1.28 bits per heavy atom. The molecule has 0 radical (unpaired) electrons. The highest BCUT2D eigenvalue weighted by Gasteiger charge is 2.41. The zero-order valence-corrected chi connectivity index (χ0v) is 15.1. The fourth-order valence-electron chi connectivity index (χ4n) is 3.04. The van der Waals surface area contributed by atoms with Gasteiger partial charge in [0.05, 0.1) is 12.6 Å². The summed E-state index contributed by atoms with van der Waals surface area (Å²) in [7, 11) is 0. The molecule has 0 spiro atoms. The molecule has 1 heterocycles. The minimum Gasteiger partial charge on any atom is -0.445 e. The quantitative estimate of drug-likeness (QED) is 0.821. The van der Waals surface area contributed by atoms with E-state index in [1.54, 1.807) is 4.90 Å². The van der Waals surface area contributed by atoms with Crippen molar-refractivity contribution in [1.82, 2.24) is 9.80 Å². The van der Waals surface area contributed by atoms with Crippen LogP contribution in [0.25, 0.3) is 0 Å². The van der Waals surface area contributed by atoms with E-state index in [9.17, 15) is 14.7 Å². The van der Waals surface area contributed by atoms with Gasteiger partial charge < -0.3 is 14.7 Å². The summed E-state index contributed by atoms with van der Waals surface area (Å²) in [4.78, 5) is 28.3. The number of amides is 2. The van der Waals surface area contributed by atoms with Crippen LogP contribution >= 0.6 is 0 Å². The van der Waals surface area contributed by atoms with Crippen LogP contribution in [0.4, 0.5) is 4.79 Å². The van der Waals surface area contributed by atoms with Gasteiger partial charge in [-0.1, -0.05) is 43.7 Å². The summed E-state index contributed by atoms with van der Waals surface area (Å²) in [5, 5.41) is 9.96. The number of rotatable bonds is 7. The predicted octanol–water partition coefficient (Wildman–Crippen LogP) is 2.41. The van der Waals surface area contributed by atoms with Crippen LogP contribution in [0.2, 0.25) is 0 Å². The van der Waals surface area contributed by atoms with E-state index in [1.807, 2.05) is 37.3 Å². The van der Waals surface area contributed by atoms with E-state index in [-0.39, 0.29) is 25.5 Å². The third kappa shape index (κ3) is 5.19. The van der Waals surface area contributed by atoms with Gasteiger partial charge in [-0.05, 0) is 18.9 Å². The second kappa shape index (κ2) is 9.42. The van der Waals surface area contributed by atoms with E-state index in [0.717, 1.165) is 18.4 Å². The van der Waals surface area contributed by atoms with Crippen molar-refractivity contribution >= 4 is 12.0 Å². The average Bonchev–Trinajstić information content (AvgIpc) is 3.03. The van der Waals surface area contributed by atoms with Crippen molar-refractivity contribution in [3.63, 3.8) is 0 Å². The number of likely N-dealkylation sites (tertiary alicyclic amines) is 1. The molecule has 0 saturated carbocycles. The number of likely N-dealkylation sites (N-methyl/N-ethyl adjacent to an activating group) is 1. The monoisotopic (exact) mass is 348 g/mol. The molecule has 1 aliphatic heterocycles. The van der Waals surface area contributed by atoms with Gasteiger partial charge in [0.1, 0.15) is 12.6 Å². The summed E-state index contributed by atoms with van der Waals surface area (Å²) in [6.45, 7) is 5.56. The molecule has 1 aromatic rings. The maximum absolute atomic E-state index is 12.8. The Kier molecular flexibility index (Phi) is 7.25. The fraction of sp³-hybridized carbons (Fsp3) is 0.579. The Balaban J connectivity index is 1.99. The second-order valence-corrected chi connectivity index (χ2v) is 6.37. The molecule has 138 valence electrons. The highest BCUT2D eigenvalue weighted by molar-refractivity contribution is 5.86. The third-order valence-corrected chi connectivity index (χ3v) is 4.48. The molecule has 6 heteroatoms. The van der Waals surface area contributed by atoms with E-state index in [0.29, 0.717) is 13.1 Å². The van der Waals surface area contributed by atoms with Crippen LogP contribution in [-0.2, 0) is 16.1 Å². The SMILES string of the molecule is CCCCN(CC)C(=O)[C@@H]1CC(O)CN1C(=O)OCc1ccccc1. The molecule has 0 aromatic heterocycles. The second-order valence-electron chi connectivity index (χ2n) is 6.37. The molecule has 2 rings (SSSR count). The highest BCUT2D eigenvalue weighted by Crippen LogP contribution is 2.22. The van der Waals surface area contributed by atoms with Crippen LogP contribution in [0.15, 0.2) is 30.3 Å². The Morgan fingerprint density at radius 3 is 2.64 bits per heavy atom. The van der Waals surface area contributed by atoms with Crippen molar-refractivity contribution in [2.24, 2.45) is 0 Å². The van der Waals surface area contributed by atoms with Crippen molar-refractivity contribution in [3.05, 3.63) is 35.9 Å². The lowest BCUT2D eigenvalue weighted by atomic mass is 10.1. The molecule has 1 aliphatic rings. The van der Waals surface area contributed by atoms with Gasteiger partial charge in [-0.25, -0.2) is 4.79 Å². The third-order valence-electron chi connectivity index (χ3n) is 4.48. The van der Waals surface area contributed by atoms with Gasteiger partial charge in [-0.15, -0.1) is 0 Å². The van der Waals surface area contributed by atoms with Crippen LogP contribution < -0.4 is 0 Å². The van der Waals surface area contributed by atoms with Crippen LogP contribution in [0.5, 0.6) is 0 Å². The molecule has 1 unspecified atom stereocenters. The average molecular weight is 348 g/mol. The van der Waals surface area contributed by atoms with E-state index in [1.165, 1.54) is 4.90 Å². The van der Waals surface area contributed by atoms with Gasteiger partial charge in [0, 0.05) is 19.5 Å². The van der Waals surface area contributed by atoms with E-state index in [2.05, 4.69) is 6.92 Å². The number of nitrogens with zero attached hydrogens (tertiary/aromatic N) is 2. The highest BCUT2D eigenvalue weighted by atomic mass is 16.6. The summed E-state index contributed by atoms with van der Waals surface area (Å²) >= 11 is 0. The molecule has 2 atom stereocenters. The van der Waals surface area contributed by atoms with Crippen LogP contribution in [0, 0.1) is 0 Å². The number of ether oxygens (including phenoxy) is 1. The number of aliphatic hydroxyl groups excluding tert-OH is 1. The van der Waals surface area contributed by atoms with Crippen molar-refractivity contribution in [1.29, 1.82) is 0 Å². The van der Waals surface area contributed by atoms with Gasteiger partial charge in [0.25, 0.3) is 0 Å². The van der Waals surface area contributed by atoms with Crippen LogP contribution in [0.3, 0.4) is 0 Å². The van der Waals surface area contributed by atoms with Gasteiger partial charge >= 0.3 is 6.09 Å². The first-order valence-corrected chi connectivity index (χ1v) is 9.01. The number of benzene rings is 1. The molecular formula is C19H28N2O4. The Hall–Kier alpha value is -2.08. The molecule has 6 nitrogen and oxygen atoms in total. The minimum atomic E-state index is -0.692. The first-order chi connectivity index (χ1) is 12.1. The number of unbranched alkanes of at least 4 members (excludes halogenated alkanes) is 1. The van der Waals surface area contributed by atoms with Crippen molar-refractivity contribution < 1.29 is 19.4 Å². The number of β-amino-alcohol motifs (C(OH)–C–C–N with tert-alkyl or cyclic N) is 1. The van der Waals surface area contributed by atoms with Crippen molar-refractivity contribution in [2.45, 2.75) is 51.9 Å². The number of carbonyl (C=O) groups is 2. The number of hydrogen-bond donors (Lipinski definition) is 1. The fourth-order valence-corrected chi connectivity index (χ4v) is 3.04. The summed E-state index contributed by atoms with van der Waals surface area (Å²) in [6.07, 6.45) is 0.947. The molecule has 1 fully saturated rings. The van der Waals surface area contributed by atoms with Crippen LogP contribution in [0.1, 0.15) is 38.7 Å². The lowest BCUT2D eigenvalue weighted by Gasteiger charge is -2.29. The zero-order chi connectivity index (χ0) is 18.2. The number of hydrogen-bond acceptors (Lipinski definition) is 4. The molecular weight excluding hydrogens is 320 g/mol. The van der Waals surface area contributed by atoms with Gasteiger partial charge in [0.15, 0.2) is 0 Å². The standard InChI is InChI=1S/C19H28N2O4/c1-3-5-11-20(4-2)18(23)17-12-16(22)13-21(17)19(24)25-14-15-9-7-6-8-10-15/h6-10,16-17,22H,3-5,11-14H2,1-2H3/t16?,17-/m0/s1. The molecule has 1 N–H and O–H groups in total. The van der Waals surface area contributed by atoms with Crippen molar-refractivity contribution in [2.75, 3.05) is 19.6 Å². The largest absolute Gasteiger partial charge is 0.445 e. The lowest BCUT2D eigenvalue weighted by Crippen LogP contribution is -2.48. The van der Waals surface area contributed by atoms with Gasteiger partial charge in [-0.2, -0.15) is 0 Å². The van der Waals surface area contributed by atoms with Gasteiger partial charge in [-0.3, -0.25) is 9.69 Å². The number of aliphatic hydroxyl groups is 1. The predicted molar refractivity (Wildman–Crippen MR) is 94.9 cm³/mol. The first kappa shape index (κ1) is 19.2. The summed E-state index contributed by atoms with van der Waals surface area (Å²) < 4.78 is 5.34. The van der Waals surface area contributed by atoms with Gasteiger partial charge in [0.2, 0.25) is 5.91 Å². The molecule has 0 aliphatic carbocycles. The zero-order valence-electron chi connectivity index (χ0n) is 15.1. The molecule has 1 aromatic carbocycles. The summed E-state index contributed by atoms with van der Waals surface area (Å²) in [6, 6.07) is 8.75. The first-order valence-electron chi connectivity index (χ1n) is 9.01. The van der Waals surface area contributed by atoms with E-state index >= 15 is 0 Å². The minimum absolute atomic E-state index is 0.107. The Bertz CT molecular complexity index is 564. The Morgan fingerprint density at radius 2 is 2.00 bits per heavy atom. The molecule has 0 bridgehead atoms. The van der Waals surface area contributed by atoms with Crippen LogP contribution in [-0.4, -0.2) is 58.7 Å². The summed E-state index contributed by atoms with van der Waals surface area (Å²) in [5.41, 5.74) is 0.886. The summed E-state index contributed by atoms with van der Waals surface area (Å²) in [5.74, 6) is -0.107. The smallest absolute Gasteiger partial charge is 0.410 e. The lowest BCUT2D eigenvalue weighted by molar-refractivity contribution is -0.135. The van der Waals surface area contributed by atoms with Crippen molar-refractivity contribution in [3.8, 4) is 0 Å². The normalized spacial score (nSPS) is 19.7. The maximum Gasteiger partial charge on any atom is 0.410 e. The molecule has 2 amide bonds. The maximum atomic E-state index is 12.8.